The molecule has 0 radical (unpaired) electrons. The molecule has 1 heterocycles. The molecule has 19 heavy (non-hydrogen) atoms. The van der Waals surface area contributed by atoms with Crippen LogP contribution in [0.15, 0.2) is 18.2 Å². The van der Waals surface area contributed by atoms with Gasteiger partial charge in [-0.15, -0.1) is 11.8 Å². The summed E-state index contributed by atoms with van der Waals surface area (Å²) in [6, 6.07) is 3.22. The second-order valence-electron chi connectivity index (χ2n) is 4.02. The molecule has 102 valence electrons. The van der Waals surface area contributed by atoms with Crippen molar-refractivity contribution in [2.75, 3.05) is 19.3 Å². The molecule has 0 saturated carbocycles. The summed E-state index contributed by atoms with van der Waals surface area (Å²) in [7, 11) is 1.46. The molecule has 0 unspecified atom stereocenters. The van der Waals surface area contributed by atoms with Crippen LogP contribution in [-0.2, 0) is 9.59 Å². The van der Waals surface area contributed by atoms with Gasteiger partial charge >= 0.3 is 0 Å². The van der Waals surface area contributed by atoms with Gasteiger partial charge in [-0.3, -0.25) is 9.59 Å². The fourth-order valence-electron chi connectivity index (χ4n) is 1.82. The van der Waals surface area contributed by atoms with Crippen LogP contribution < -0.4 is 5.32 Å². The molecule has 0 spiro atoms. The zero-order chi connectivity index (χ0) is 14.0. The first-order valence-corrected chi connectivity index (χ1v) is 6.64. The number of likely N-dealkylation sites (N-methyl/N-ethyl adjacent to an activating group) is 1. The van der Waals surface area contributed by atoms with Crippen molar-refractivity contribution in [3.8, 4) is 0 Å². The van der Waals surface area contributed by atoms with Crippen molar-refractivity contribution in [2.45, 2.75) is 5.37 Å². The smallest absolute Gasteiger partial charge is 0.239 e. The van der Waals surface area contributed by atoms with E-state index in [2.05, 4.69) is 5.32 Å². The molecule has 1 fully saturated rings. The lowest BCUT2D eigenvalue weighted by Gasteiger charge is -2.23. The number of carbonyl (C=O) groups is 2. The number of nitrogens with one attached hydrogen (secondary N) is 1. The van der Waals surface area contributed by atoms with Gasteiger partial charge in [0.15, 0.2) is 0 Å². The normalized spacial score (nSPS) is 18.8. The van der Waals surface area contributed by atoms with Gasteiger partial charge in [-0.05, 0) is 6.07 Å². The number of rotatable bonds is 3. The topological polar surface area (TPSA) is 49.4 Å². The number of amides is 2. The molecule has 1 atom stereocenters. The fraction of sp³-hybridized carbons (Fsp3) is 0.333. The van der Waals surface area contributed by atoms with E-state index in [-0.39, 0.29) is 29.7 Å². The summed E-state index contributed by atoms with van der Waals surface area (Å²) in [5.41, 5.74) is 0.209. The molecule has 1 aliphatic rings. The van der Waals surface area contributed by atoms with E-state index in [1.54, 1.807) is 0 Å². The highest BCUT2D eigenvalue weighted by atomic mass is 32.2. The van der Waals surface area contributed by atoms with E-state index < -0.39 is 17.0 Å². The lowest BCUT2D eigenvalue weighted by molar-refractivity contribution is -0.133. The Morgan fingerprint density at radius 2 is 2.26 bits per heavy atom. The van der Waals surface area contributed by atoms with Gasteiger partial charge in [-0.25, -0.2) is 8.78 Å². The summed E-state index contributed by atoms with van der Waals surface area (Å²) in [5.74, 6) is -1.77. The van der Waals surface area contributed by atoms with Crippen LogP contribution in [0.1, 0.15) is 10.9 Å². The fourth-order valence-corrected chi connectivity index (χ4v) is 3.03. The minimum atomic E-state index is -0.714. The Kier molecular flexibility index (Phi) is 4.04. The van der Waals surface area contributed by atoms with E-state index in [9.17, 15) is 18.4 Å². The molecular formula is C12H12F2N2O2S. The molecule has 1 aromatic rings. The zero-order valence-electron chi connectivity index (χ0n) is 10.2. The molecule has 7 heteroatoms. The number of benzene rings is 1. The first-order chi connectivity index (χ1) is 9.02. The molecule has 1 aromatic carbocycles. The standard InChI is InChI=1S/C12H12F2N2O2S/c1-15-10(17)5-16-11(18)6-19-12(16)8-3-2-7(13)4-9(8)14/h2-4,12H,5-6H2,1H3,(H,15,17)/t12-/m0/s1. The Labute approximate surface area is 113 Å². The number of nitrogens with zero attached hydrogens (tertiary/aromatic N) is 1. The van der Waals surface area contributed by atoms with Crippen molar-refractivity contribution in [1.82, 2.24) is 10.2 Å². The van der Waals surface area contributed by atoms with Crippen LogP contribution in [0, 0.1) is 11.6 Å². The van der Waals surface area contributed by atoms with E-state index in [0.717, 1.165) is 12.1 Å². The third kappa shape index (κ3) is 2.86. The minimum absolute atomic E-state index is 0.135. The molecule has 0 bridgehead atoms. The summed E-state index contributed by atoms with van der Waals surface area (Å²) < 4.78 is 26.6. The van der Waals surface area contributed by atoms with Crippen molar-refractivity contribution in [3.63, 3.8) is 0 Å². The molecule has 1 saturated heterocycles. The van der Waals surface area contributed by atoms with Crippen LogP contribution in [0.5, 0.6) is 0 Å². The monoisotopic (exact) mass is 286 g/mol. The summed E-state index contributed by atoms with van der Waals surface area (Å²) in [6.07, 6.45) is 0. The molecule has 0 aliphatic carbocycles. The van der Waals surface area contributed by atoms with Gasteiger partial charge in [-0.1, -0.05) is 6.07 Å². The Bertz CT molecular complexity index is 524. The third-order valence-corrected chi connectivity index (χ3v) is 4.03. The molecular weight excluding hydrogens is 274 g/mol. The van der Waals surface area contributed by atoms with Crippen LogP contribution in [0.3, 0.4) is 0 Å². The maximum Gasteiger partial charge on any atom is 0.239 e. The van der Waals surface area contributed by atoms with Crippen molar-refractivity contribution < 1.29 is 18.4 Å². The Hall–Kier alpha value is -1.63. The maximum absolute atomic E-state index is 13.7. The number of hydrogen-bond acceptors (Lipinski definition) is 3. The Morgan fingerprint density at radius 1 is 1.53 bits per heavy atom. The van der Waals surface area contributed by atoms with Gasteiger partial charge in [0.25, 0.3) is 0 Å². The lowest BCUT2D eigenvalue weighted by Crippen LogP contribution is -2.38. The lowest BCUT2D eigenvalue weighted by atomic mass is 10.2. The molecule has 1 N–H and O–H groups in total. The summed E-state index contributed by atoms with van der Waals surface area (Å²) in [4.78, 5) is 24.4. The van der Waals surface area contributed by atoms with Crippen molar-refractivity contribution in [3.05, 3.63) is 35.4 Å². The molecule has 4 nitrogen and oxygen atoms in total. The van der Waals surface area contributed by atoms with Gasteiger partial charge in [0, 0.05) is 18.7 Å². The Morgan fingerprint density at radius 3 is 2.89 bits per heavy atom. The predicted molar refractivity (Wildman–Crippen MR) is 67.3 cm³/mol. The second kappa shape index (κ2) is 5.56. The summed E-state index contributed by atoms with van der Waals surface area (Å²) in [5, 5.41) is 1.82. The molecule has 2 rings (SSSR count). The highest BCUT2D eigenvalue weighted by Crippen LogP contribution is 2.39. The van der Waals surface area contributed by atoms with Gasteiger partial charge in [0.2, 0.25) is 11.8 Å². The largest absolute Gasteiger partial charge is 0.358 e. The highest BCUT2D eigenvalue weighted by Gasteiger charge is 2.35. The van der Waals surface area contributed by atoms with E-state index >= 15 is 0 Å². The first kappa shape index (κ1) is 13.8. The summed E-state index contributed by atoms with van der Waals surface area (Å²) in [6.45, 7) is -0.135. The predicted octanol–water partition coefficient (Wildman–Crippen LogP) is 1.28. The van der Waals surface area contributed by atoms with Gasteiger partial charge in [0.1, 0.15) is 23.6 Å². The first-order valence-electron chi connectivity index (χ1n) is 5.59. The molecule has 0 aromatic heterocycles. The highest BCUT2D eigenvalue weighted by molar-refractivity contribution is 8.00. The van der Waals surface area contributed by atoms with Crippen molar-refractivity contribution in [2.24, 2.45) is 0 Å². The summed E-state index contributed by atoms with van der Waals surface area (Å²) >= 11 is 1.22. The van der Waals surface area contributed by atoms with Crippen LogP contribution in [0.2, 0.25) is 0 Å². The third-order valence-electron chi connectivity index (χ3n) is 2.79. The zero-order valence-corrected chi connectivity index (χ0v) is 11.0. The van der Waals surface area contributed by atoms with Crippen LogP contribution in [0.25, 0.3) is 0 Å². The number of hydrogen-bond donors (Lipinski definition) is 1. The van der Waals surface area contributed by atoms with Crippen LogP contribution >= 0.6 is 11.8 Å². The van der Waals surface area contributed by atoms with Gasteiger partial charge in [-0.2, -0.15) is 0 Å². The number of carbonyl (C=O) groups excluding carboxylic acids is 2. The van der Waals surface area contributed by atoms with E-state index in [0.29, 0.717) is 0 Å². The van der Waals surface area contributed by atoms with Gasteiger partial charge in [0.05, 0.1) is 5.75 Å². The van der Waals surface area contributed by atoms with Crippen LogP contribution in [-0.4, -0.2) is 36.1 Å². The maximum atomic E-state index is 13.7. The second-order valence-corrected chi connectivity index (χ2v) is 5.09. The average molecular weight is 286 g/mol. The minimum Gasteiger partial charge on any atom is -0.358 e. The van der Waals surface area contributed by atoms with Crippen molar-refractivity contribution in [1.29, 1.82) is 0 Å². The SMILES string of the molecule is CNC(=O)CN1C(=O)CS[C@H]1c1ccc(F)cc1F. The quantitative estimate of drug-likeness (QED) is 0.911. The van der Waals surface area contributed by atoms with Crippen molar-refractivity contribution >= 4 is 23.6 Å². The van der Waals surface area contributed by atoms with E-state index in [1.807, 2.05) is 0 Å². The van der Waals surface area contributed by atoms with Crippen LogP contribution in [0.4, 0.5) is 8.78 Å². The van der Waals surface area contributed by atoms with E-state index in [1.165, 1.54) is 29.8 Å². The number of halogens is 2. The molecule has 2 amide bonds. The molecule has 1 aliphatic heterocycles. The number of thioether (sulfide) groups is 1. The van der Waals surface area contributed by atoms with Gasteiger partial charge < -0.3 is 10.2 Å². The average Bonchev–Trinajstić information content (AvgIpc) is 2.71. The van der Waals surface area contributed by atoms with E-state index in [4.69, 9.17) is 0 Å². The Balaban J connectivity index is 2.27.